The van der Waals surface area contributed by atoms with Crippen molar-refractivity contribution in [2.24, 2.45) is 5.92 Å². The summed E-state index contributed by atoms with van der Waals surface area (Å²) in [6, 6.07) is 12.6. The first-order chi connectivity index (χ1) is 12.8. The zero-order valence-corrected chi connectivity index (χ0v) is 15.3. The Kier molecular flexibility index (Phi) is 5.46. The lowest BCUT2D eigenvalue weighted by molar-refractivity contribution is -0.123. The predicted octanol–water partition coefficient (Wildman–Crippen LogP) is 2.31. The number of hydrogen-bond acceptors (Lipinski definition) is 4. The van der Waals surface area contributed by atoms with Crippen LogP contribution >= 0.6 is 0 Å². The Morgan fingerprint density at radius 3 is 3.00 bits per heavy atom. The Balaban J connectivity index is 1.30. The molecular formula is C21H28N4O. The number of likely N-dealkylation sites (tertiary alicyclic amines) is 1. The van der Waals surface area contributed by atoms with E-state index in [1.54, 1.807) is 0 Å². The van der Waals surface area contributed by atoms with Gasteiger partial charge in [-0.15, -0.1) is 0 Å². The van der Waals surface area contributed by atoms with Crippen molar-refractivity contribution in [1.29, 1.82) is 0 Å². The zero-order chi connectivity index (χ0) is 17.8. The SMILES string of the molecule is O=C(NCC1CCCN(Cc2ccc3ccccc3n2)C1)C1CCCN1. The molecule has 26 heavy (non-hydrogen) atoms. The Labute approximate surface area is 155 Å². The summed E-state index contributed by atoms with van der Waals surface area (Å²) in [5.74, 6) is 0.713. The lowest BCUT2D eigenvalue weighted by Crippen LogP contribution is -2.45. The monoisotopic (exact) mass is 352 g/mol. The van der Waals surface area contributed by atoms with Gasteiger partial charge in [0.1, 0.15) is 0 Å². The van der Waals surface area contributed by atoms with E-state index in [2.05, 4.69) is 39.8 Å². The zero-order valence-electron chi connectivity index (χ0n) is 15.3. The highest BCUT2D eigenvalue weighted by Crippen LogP contribution is 2.19. The van der Waals surface area contributed by atoms with Crippen molar-refractivity contribution in [1.82, 2.24) is 20.5 Å². The summed E-state index contributed by atoms with van der Waals surface area (Å²) >= 11 is 0. The number of carbonyl (C=O) groups excluding carboxylic acids is 1. The third-order valence-electron chi connectivity index (χ3n) is 5.59. The minimum Gasteiger partial charge on any atom is -0.354 e. The molecule has 5 heteroatoms. The number of rotatable bonds is 5. The Morgan fingerprint density at radius 2 is 2.12 bits per heavy atom. The van der Waals surface area contributed by atoms with Crippen molar-refractivity contribution in [2.45, 2.75) is 38.3 Å². The maximum absolute atomic E-state index is 12.2. The summed E-state index contributed by atoms with van der Waals surface area (Å²) in [6.07, 6.45) is 4.46. The second kappa shape index (κ2) is 8.14. The number of aromatic nitrogens is 1. The van der Waals surface area contributed by atoms with Gasteiger partial charge in [0, 0.05) is 25.0 Å². The molecule has 2 aliphatic heterocycles. The van der Waals surface area contributed by atoms with E-state index in [-0.39, 0.29) is 11.9 Å². The molecule has 2 atom stereocenters. The van der Waals surface area contributed by atoms with E-state index in [1.165, 1.54) is 18.2 Å². The van der Waals surface area contributed by atoms with Crippen LogP contribution in [0.2, 0.25) is 0 Å². The summed E-state index contributed by atoms with van der Waals surface area (Å²) < 4.78 is 0. The van der Waals surface area contributed by atoms with Crippen LogP contribution in [0.25, 0.3) is 10.9 Å². The number of nitrogens with one attached hydrogen (secondary N) is 2. The molecule has 2 aliphatic rings. The van der Waals surface area contributed by atoms with Gasteiger partial charge in [-0.3, -0.25) is 14.7 Å². The molecule has 0 aliphatic carbocycles. The first-order valence-electron chi connectivity index (χ1n) is 9.86. The van der Waals surface area contributed by atoms with E-state index in [0.29, 0.717) is 5.92 Å². The number of benzene rings is 1. The second-order valence-corrected chi connectivity index (χ2v) is 7.63. The minimum absolute atomic E-state index is 0.0245. The number of amides is 1. The molecule has 3 heterocycles. The molecule has 0 radical (unpaired) electrons. The quantitative estimate of drug-likeness (QED) is 0.867. The molecule has 2 unspecified atom stereocenters. The van der Waals surface area contributed by atoms with Gasteiger partial charge in [0.05, 0.1) is 17.3 Å². The fourth-order valence-electron chi connectivity index (χ4n) is 4.16. The van der Waals surface area contributed by atoms with Crippen LogP contribution in [0.4, 0.5) is 0 Å². The number of para-hydroxylation sites is 1. The number of piperidine rings is 1. The van der Waals surface area contributed by atoms with Crippen LogP contribution in [0.1, 0.15) is 31.4 Å². The van der Waals surface area contributed by atoms with E-state index < -0.39 is 0 Å². The molecule has 4 rings (SSSR count). The van der Waals surface area contributed by atoms with Crippen LogP contribution < -0.4 is 10.6 Å². The van der Waals surface area contributed by atoms with Gasteiger partial charge in [-0.1, -0.05) is 24.3 Å². The van der Waals surface area contributed by atoms with Crippen molar-refractivity contribution >= 4 is 16.8 Å². The van der Waals surface area contributed by atoms with Crippen molar-refractivity contribution in [3.05, 3.63) is 42.1 Å². The normalized spacial score (nSPS) is 24.0. The minimum atomic E-state index is 0.0245. The number of carbonyl (C=O) groups is 1. The highest BCUT2D eigenvalue weighted by atomic mass is 16.2. The van der Waals surface area contributed by atoms with Gasteiger partial charge in [-0.25, -0.2) is 0 Å². The van der Waals surface area contributed by atoms with Crippen LogP contribution in [-0.2, 0) is 11.3 Å². The number of fused-ring (bicyclic) bond motifs is 1. The van der Waals surface area contributed by atoms with Gasteiger partial charge in [0.15, 0.2) is 0 Å². The first-order valence-corrected chi connectivity index (χ1v) is 9.86. The summed E-state index contributed by atoms with van der Waals surface area (Å²) in [7, 11) is 0. The van der Waals surface area contributed by atoms with Crippen LogP contribution in [-0.4, -0.2) is 48.0 Å². The van der Waals surface area contributed by atoms with E-state index in [9.17, 15) is 4.79 Å². The van der Waals surface area contributed by atoms with Crippen LogP contribution in [0.3, 0.4) is 0 Å². The first kappa shape index (κ1) is 17.4. The fourth-order valence-corrected chi connectivity index (χ4v) is 4.16. The lowest BCUT2D eigenvalue weighted by Gasteiger charge is -2.32. The molecule has 2 saturated heterocycles. The van der Waals surface area contributed by atoms with Gasteiger partial charge in [-0.2, -0.15) is 0 Å². The molecule has 0 bridgehead atoms. The summed E-state index contributed by atoms with van der Waals surface area (Å²) in [6.45, 7) is 4.79. The molecule has 1 amide bonds. The van der Waals surface area contributed by atoms with Crippen molar-refractivity contribution in [2.75, 3.05) is 26.2 Å². The standard InChI is InChI=1S/C21H28N4O/c26-21(20-8-3-11-22-20)23-13-16-5-4-12-25(14-16)15-18-10-9-17-6-1-2-7-19(17)24-18/h1-2,6-7,9-10,16,20,22H,3-5,8,11-15H2,(H,23,26). The smallest absolute Gasteiger partial charge is 0.237 e. The predicted molar refractivity (Wildman–Crippen MR) is 104 cm³/mol. The Hall–Kier alpha value is -1.98. The highest BCUT2D eigenvalue weighted by molar-refractivity contribution is 5.82. The maximum atomic E-state index is 12.2. The average Bonchev–Trinajstić information content (AvgIpc) is 3.21. The van der Waals surface area contributed by atoms with Gasteiger partial charge in [-0.05, 0) is 56.8 Å². The summed E-state index contributed by atoms with van der Waals surface area (Å²) in [5, 5.41) is 7.62. The highest BCUT2D eigenvalue weighted by Gasteiger charge is 2.24. The van der Waals surface area contributed by atoms with E-state index in [1.807, 2.05) is 12.1 Å². The van der Waals surface area contributed by atoms with Crippen LogP contribution in [0.5, 0.6) is 0 Å². The topological polar surface area (TPSA) is 57.3 Å². The number of hydrogen-bond donors (Lipinski definition) is 2. The maximum Gasteiger partial charge on any atom is 0.237 e. The van der Waals surface area contributed by atoms with Gasteiger partial charge in [0.25, 0.3) is 0 Å². The van der Waals surface area contributed by atoms with Gasteiger partial charge < -0.3 is 10.6 Å². The summed E-state index contributed by atoms with van der Waals surface area (Å²) in [4.78, 5) is 19.5. The number of pyridine rings is 1. The average molecular weight is 352 g/mol. The third kappa shape index (κ3) is 4.22. The van der Waals surface area contributed by atoms with E-state index >= 15 is 0 Å². The summed E-state index contributed by atoms with van der Waals surface area (Å²) in [5.41, 5.74) is 2.19. The van der Waals surface area contributed by atoms with Gasteiger partial charge >= 0.3 is 0 Å². The van der Waals surface area contributed by atoms with Crippen LogP contribution in [0, 0.1) is 5.92 Å². The molecule has 0 spiro atoms. The number of nitrogens with zero attached hydrogens (tertiary/aromatic N) is 2. The fraction of sp³-hybridized carbons (Fsp3) is 0.524. The van der Waals surface area contributed by atoms with Crippen LogP contribution in [0.15, 0.2) is 36.4 Å². The Morgan fingerprint density at radius 1 is 1.19 bits per heavy atom. The third-order valence-corrected chi connectivity index (χ3v) is 5.59. The Bertz CT molecular complexity index is 757. The molecule has 5 nitrogen and oxygen atoms in total. The van der Waals surface area contributed by atoms with Gasteiger partial charge in [0.2, 0.25) is 5.91 Å². The molecule has 1 aromatic carbocycles. The van der Waals surface area contributed by atoms with Crippen molar-refractivity contribution < 1.29 is 4.79 Å². The molecule has 2 fully saturated rings. The van der Waals surface area contributed by atoms with E-state index in [0.717, 1.165) is 56.8 Å². The largest absolute Gasteiger partial charge is 0.354 e. The van der Waals surface area contributed by atoms with Crippen molar-refractivity contribution in [3.63, 3.8) is 0 Å². The molecule has 0 saturated carbocycles. The lowest BCUT2D eigenvalue weighted by atomic mass is 9.97. The molecular weight excluding hydrogens is 324 g/mol. The molecule has 2 aromatic rings. The molecule has 138 valence electrons. The second-order valence-electron chi connectivity index (χ2n) is 7.63. The van der Waals surface area contributed by atoms with E-state index in [4.69, 9.17) is 4.98 Å². The van der Waals surface area contributed by atoms with Crippen molar-refractivity contribution in [3.8, 4) is 0 Å². The molecule has 2 N–H and O–H groups in total. The molecule has 1 aromatic heterocycles.